The summed E-state index contributed by atoms with van der Waals surface area (Å²) in [4.78, 5) is 0. The molecule has 1 N–H and O–H groups in total. The third kappa shape index (κ3) is 4.18. The standard InChI is InChI=1S/C22H34N2O2/c1-6-17(4)21(25)20(18-13-10-9-11-14-18)23-24-16-12-15-19(24)22(7-2,8-3)26-5/h6,9-11,13-14,17,19,21,25H,1,7-8,12,15-16H2,2-5H3/b23-20+/t17-,19+,21-/m1/s1. The molecule has 1 aromatic carbocycles. The fourth-order valence-electron chi connectivity index (χ4n) is 3.96. The van der Waals surface area contributed by atoms with E-state index in [9.17, 15) is 5.11 Å². The largest absolute Gasteiger partial charge is 0.386 e. The average molecular weight is 359 g/mol. The summed E-state index contributed by atoms with van der Waals surface area (Å²) in [5, 5.41) is 18.0. The van der Waals surface area contributed by atoms with Crippen molar-refractivity contribution in [3.05, 3.63) is 48.6 Å². The number of benzene rings is 1. The lowest BCUT2D eigenvalue weighted by molar-refractivity contribution is -0.0733. The van der Waals surface area contributed by atoms with Crippen LogP contribution in [0.3, 0.4) is 0 Å². The van der Waals surface area contributed by atoms with Crippen molar-refractivity contribution in [1.29, 1.82) is 0 Å². The van der Waals surface area contributed by atoms with Gasteiger partial charge in [0.25, 0.3) is 0 Å². The molecule has 1 saturated heterocycles. The van der Waals surface area contributed by atoms with Crippen LogP contribution in [0.1, 0.15) is 52.0 Å². The highest BCUT2D eigenvalue weighted by Crippen LogP contribution is 2.35. The lowest BCUT2D eigenvalue weighted by atomic mass is 9.87. The van der Waals surface area contributed by atoms with Crippen LogP contribution in [-0.2, 0) is 4.74 Å². The van der Waals surface area contributed by atoms with Gasteiger partial charge in [0, 0.05) is 25.1 Å². The topological polar surface area (TPSA) is 45.1 Å². The molecule has 1 aliphatic heterocycles. The fraction of sp³-hybridized carbons (Fsp3) is 0.591. The molecule has 1 aliphatic rings. The molecule has 26 heavy (non-hydrogen) atoms. The number of hydrazone groups is 1. The smallest absolute Gasteiger partial charge is 0.104 e. The molecule has 0 amide bonds. The van der Waals surface area contributed by atoms with Gasteiger partial charge >= 0.3 is 0 Å². The second kappa shape index (κ2) is 9.33. The Bertz CT molecular complexity index is 587. The third-order valence-electron chi connectivity index (χ3n) is 5.89. The van der Waals surface area contributed by atoms with E-state index in [0.29, 0.717) is 5.71 Å². The lowest BCUT2D eigenvalue weighted by Gasteiger charge is -2.40. The van der Waals surface area contributed by atoms with E-state index < -0.39 is 6.10 Å². The first-order valence-corrected chi connectivity index (χ1v) is 9.79. The maximum Gasteiger partial charge on any atom is 0.104 e. The zero-order chi connectivity index (χ0) is 19.2. The second-order valence-electron chi connectivity index (χ2n) is 7.19. The minimum Gasteiger partial charge on any atom is -0.386 e. The maximum atomic E-state index is 10.9. The number of aliphatic hydroxyl groups is 1. The van der Waals surface area contributed by atoms with Gasteiger partial charge in [0.2, 0.25) is 0 Å². The molecule has 3 atom stereocenters. The number of ether oxygens (including phenoxy) is 1. The van der Waals surface area contributed by atoms with Crippen molar-refractivity contribution in [2.75, 3.05) is 13.7 Å². The number of nitrogens with zero attached hydrogens (tertiary/aromatic N) is 2. The lowest BCUT2D eigenvalue weighted by Crippen LogP contribution is -2.49. The highest BCUT2D eigenvalue weighted by atomic mass is 16.5. The molecule has 4 heteroatoms. The van der Waals surface area contributed by atoms with Crippen molar-refractivity contribution in [2.24, 2.45) is 11.0 Å². The summed E-state index contributed by atoms with van der Waals surface area (Å²) in [6.07, 6.45) is 5.15. The Morgan fingerprint density at radius 2 is 2.04 bits per heavy atom. The van der Waals surface area contributed by atoms with E-state index in [1.54, 1.807) is 13.2 Å². The SMILES string of the molecule is C=C[C@@H](C)[C@@H](O)/C(=N/N1CCC[C@H]1C(CC)(CC)OC)c1ccccc1. The van der Waals surface area contributed by atoms with Crippen LogP contribution in [0.15, 0.2) is 48.1 Å². The van der Waals surface area contributed by atoms with Crippen molar-refractivity contribution < 1.29 is 9.84 Å². The van der Waals surface area contributed by atoms with Crippen molar-refractivity contribution in [3.63, 3.8) is 0 Å². The van der Waals surface area contributed by atoms with E-state index in [1.165, 1.54) is 0 Å². The summed E-state index contributed by atoms with van der Waals surface area (Å²) in [7, 11) is 1.81. The molecule has 1 aromatic rings. The van der Waals surface area contributed by atoms with Crippen LogP contribution in [0.25, 0.3) is 0 Å². The molecule has 2 rings (SSSR count). The van der Waals surface area contributed by atoms with E-state index in [1.807, 2.05) is 37.3 Å². The van der Waals surface area contributed by atoms with Crippen LogP contribution in [-0.4, -0.2) is 47.2 Å². The van der Waals surface area contributed by atoms with Gasteiger partial charge in [-0.1, -0.05) is 57.2 Å². The molecule has 0 bridgehead atoms. The highest BCUT2D eigenvalue weighted by Gasteiger charge is 2.42. The Morgan fingerprint density at radius 1 is 1.38 bits per heavy atom. The Morgan fingerprint density at radius 3 is 2.58 bits per heavy atom. The second-order valence-corrected chi connectivity index (χ2v) is 7.19. The number of hydrogen-bond donors (Lipinski definition) is 1. The number of aliphatic hydroxyl groups excluding tert-OH is 1. The van der Waals surface area contributed by atoms with Crippen LogP contribution in [0.5, 0.6) is 0 Å². The highest BCUT2D eigenvalue weighted by molar-refractivity contribution is 6.03. The number of rotatable bonds is 9. The molecule has 0 unspecified atom stereocenters. The monoisotopic (exact) mass is 358 g/mol. The van der Waals surface area contributed by atoms with Crippen molar-refractivity contribution in [1.82, 2.24) is 5.01 Å². The zero-order valence-electron chi connectivity index (χ0n) is 16.7. The molecule has 0 aromatic heterocycles. The summed E-state index contributed by atoms with van der Waals surface area (Å²) < 4.78 is 5.98. The summed E-state index contributed by atoms with van der Waals surface area (Å²) in [5.74, 6) is -0.0699. The molecule has 144 valence electrons. The predicted molar refractivity (Wildman–Crippen MR) is 108 cm³/mol. The predicted octanol–water partition coefficient (Wildman–Crippen LogP) is 4.24. The van der Waals surface area contributed by atoms with Gasteiger partial charge in [0.1, 0.15) is 6.10 Å². The van der Waals surface area contributed by atoms with Crippen LogP contribution in [0.4, 0.5) is 0 Å². The first-order chi connectivity index (χ1) is 12.5. The Kier molecular flexibility index (Phi) is 7.42. The fourth-order valence-corrected chi connectivity index (χ4v) is 3.96. The molecule has 1 fully saturated rings. The summed E-state index contributed by atoms with van der Waals surface area (Å²) in [6, 6.07) is 10.2. The first kappa shape index (κ1) is 20.7. The van der Waals surface area contributed by atoms with Crippen molar-refractivity contribution in [3.8, 4) is 0 Å². The van der Waals surface area contributed by atoms with Crippen molar-refractivity contribution >= 4 is 5.71 Å². The van der Waals surface area contributed by atoms with Gasteiger partial charge in [-0.05, 0) is 25.7 Å². The molecule has 0 spiro atoms. The van der Waals surface area contributed by atoms with E-state index in [0.717, 1.165) is 37.8 Å². The van der Waals surface area contributed by atoms with E-state index >= 15 is 0 Å². The third-order valence-corrected chi connectivity index (χ3v) is 5.89. The minimum absolute atomic E-state index is 0.0699. The van der Waals surface area contributed by atoms with Gasteiger partial charge in [-0.2, -0.15) is 5.10 Å². The van der Waals surface area contributed by atoms with Gasteiger partial charge in [0.15, 0.2) is 0 Å². The molecule has 4 nitrogen and oxygen atoms in total. The van der Waals surface area contributed by atoms with Crippen LogP contribution < -0.4 is 0 Å². The molecule has 0 saturated carbocycles. The van der Waals surface area contributed by atoms with Gasteiger partial charge in [-0.25, -0.2) is 0 Å². The van der Waals surface area contributed by atoms with Crippen LogP contribution >= 0.6 is 0 Å². The molecular weight excluding hydrogens is 324 g/mol. The summed E-state index contributed by atoms with van der Waals surface area (Å²) >= 11 is 0. The van der Waals surface area contributed by atoms with Gasteiger partial charge in [-0.3, -0.25) is 5.01 Å². The Labute approximate surface area is 158 Å². The Hall–Kier alpha value is -1.65. The number of methoxy groups -OCH3 is 1. The van der Waals surface area contributed by atoms with E-state index in [-0.39, 0.29) is 17.6 Å². The van der Waals surface area contributed by atoms with Crippen LogP contribution in [0, 0.1) is 5.92 Å². The molecular formula is C22H34N2O2. The average Bonchev–Trinajstić information content (AvgIpc) is 3.16. The molecule has 0 radical (unpaired) electrons. The maximum absolute atomic E-state index is 10.9. The van der Waals surface area contributed by atoms with E-state index in [4.69, 9.17) is 9.84 Å². The normalized spacial score (nSPS) is 20.9. The molecule has 0 aliphatic carbocycles. The molecule has 1 heterocycles. The quantitative estimate of drug-likeness (QED) is 0.530. The first-order valence-electron chi connectivity index (χ1n) is 9.79. The summed E-state index contributed by atoms with van der Waals surface area (Å²) in [5.41, 5.74) is 1.47. The zero-order valence-corrected chi connectivity index (χ0v) is 16.7. The Balaban J connectivity index is 2.43. The van der Waals surface area contributed by atoms with Gasteiger partial charge in [-0.15, -0.1) is 6.58 Å². The van der Waals surface area contributed by atoms with Gasteiger partial charge < -0.3 is 9.84 Å². The summed E-state index contributed by atoms with van der Waals surface area (Å²) in [6.45, 7) is 11.1. The van der Waals surface area contributed by atoms with E-state index in [2.05, 4.69) is 25.4 Å². The van der Waals surface area contributed by atoms with Gasteiger partial charge in [0.05, 0.1) is 17.4 Å². The minimum atomic E-state index is -0.684. The number of hydrogen-bond acceptors (Lipinski definition) is 4. The van der Waals surface area contributed by atoms with Crippen molar-refractivity contribution in [2.45, 2.75) is 64.2 Å². The van der Waals surface area contributed by atoms with Crippen LogP contribution in [0.2, 0.25) is 0 Å².